The van der Waals surface area contributed by atoms with Crippen molar-refractivity contribution in [3.63, 3.8) is 0 Å². The molecule has 1 aromatic carbocycles. The Balaban J connectivity index is 0.00000264. The molecule has 0 radical (unpaired) electrons. The molecule has 0 saturated heterocycles. The van der Waals surface area contributed by atoms with E-state index in [0.29, 0.717) is 22.9 Å². The van der Waals surface area contributed by atoms with Crippen LogP contribution in [0.2, 0.25) is 0 Å². The smallest absolute Gasteiger partial charge is 0.231 e. The first-order valence-corrected chi connectivity index (χ1v) is 8.78. The van der Waals surface area contributed by atoms with Crippen LogP contribution in [0.25, 0.3) is 0 Å². The van der Waals surface area contributed by atoms with E-state index in [0.717, 1.165) is 0 Å². The van der Waals surface area contributed by atoms with Gasteiger partial charge in [-0.05, 0) is 5.92 Å². The summed E-state index contributed by atoms with van der Waals surface area (Å²) in [4.78, 5) is 11.9. The summed E-state index contributed by atoms with van der Waals surface area (Å²) in [6.07, 6.45) is -0.108. The number of hydrogen-bond donors (Lipinski definition) is 2. The van der Waals surface area contributed by atoms with Gasteiger partial charge in [0.15, 0.2) is 21.3 Å². The standard InChI is InChI=1S/C14H20N2O5S.ClH/c1-9(2)7-22(18,19)4-3-14(17)16-11-6-13-12(5-10(11)15)20-8-21-13;/h5-6,9H,3-4,7-8,15H2,1-2H3,(H,16,17);1H. The molecule has 1 aliphatic heterocycles. The number of carbonyl (C=O) groups is 1. The molecule has 0 aliphatic carbocycles. The summed E-state index contributed by atoms with van der Waals surface area (Å²) in [6.45, 7) is 3.76. The van der Waals surface area contributed by atoms with E-state index in [1.165, 1.54) is 0 Å². The van der Waals surface area contributed by atoms with Gasteiger partial charge in [0.2, 0.25) is 12.7 Å². The number of nitrogen functional groups attached to an aromatic ring is 1. The first-order valence-electron chi connectivity index (χ1n) is 6.96. The summed E-state index contributed by atoms with van der Waals surface area (Å²) in [5.41, 5.74) is 6.54. The van der Waals surface area contributed by atoms with Crippen LogP contribution in [0, 0.1) is 5.92 Å². The lowest BCUT2D eigenvalue weighted by Gasteiger charge is -2.10. The minimum absolute atomic E-state index is 0. The summed E-state index contributed by atoms with van der Waals surface area (Å²) in [7, 11) is -3.22. The first-order chi connectivity index (χ1) is 10.3. The van der Waals surface area contributed by atoms with Gasteiger partial charge >= 0.3 is 0 Å². The van der Waals surface area contributed by atoms with E-state index in [9.17, 15) is 13.2 Å². The summed E-state index contributed by atoms with van der Waals surface area (Å²) >= 11 is 0. The highest BCUT2D eigenvalue weighted by Crippen LogP contribution is 2.38. The summed E-state index contributed by atoms with van der Waals surface area (Å²) in [5.74, 6) is 0.552. The fourth-order valence-electron chi connectivity index (χ4n) is 2.12. The summed E-state index contributed by atoms with van der Waals surface area (Å²) < 4.78 is 33.9. The normalized spacial score (nSPS) is 12.8. The summed E-state index contributed by atoms with van der Waals surface area (Å²) in [5, 5.41) is 2.60. The zero-order valence-electron chi connectivity index (χ0n) is 13.0. The van der Waals surface area contributed by atoms with E-state index >= 15 is 0 Å². The van der Waals surface area contributed by atoms with Gasteiger partial charge in [-0.15, -0.1) is 12.4 Å². The maximum atomic E-state index is 11.9. The number of rotatable bonds is 6. The number of benzene rings is 1. The topological polar surface area (TPSA) is 108 Å². The van der Waals surface area contributed by atoms with Crippen LogP contribution in [0.15, 0.2) is 12.1 Å². The molecule has 7 nitrogen and oxygen atoms in total. The third-order valence-electron chi connectivity index (χ3n) is 3.05. The van der Waals surface area contributed by atoms with Crippen molar-refractivity contribution in [3.8, 4) is 11.5 Å². The molecule has 1 aliphatic rings. The van der Waals surface area contributed by atoms with E-state index in [2.05, 4.69) is 5.32 Å². The maximum Gasteiger partial charge on any atom is 0.231 e. The van der Waals surface area contributed by atoms with Gasteiger partial charge in [0.25, 0.3) is 0 Å². The third-order valence-corrected chi connectivity index (χ3v) is 5.05. The zero-order chi connectivity index (χ0) is 16.3. The van der Waals surface area contributed by atoms with Crippen LogP contribution in [0.1, 0.15) is 20.3 Å². The van der Waals surface area contributed by atoms with Crippen LogP contribution >= 0.6 is 12.4 Å². The van der Waals surface area contributed by atoms with Crippen molar-refractivity contribution in [2.75, 3.05) is 29.3 Å². The molecule has 0 saturated carbocycles. The highest BCUT2D eigenvalue weighted by atomic mass is 35.5. The quantitative estimate of drug-likeness (QED) is 0.745. The molecule has 130 valence electrons. The predicted molar refractivity (Wildman–Crippen MR) is 91.0 cm³/mol. The van der Waals surface area contributed by atoms with Gasteiger partial charge < -0.3 is 20.5 Å². The van der Waals surface area contributed by atoms with E-state index in [4.69, 9.17) is 15.2 Å². The van der Waals surface area contributed by atoms with Crippen LogP contribution in [0.4, 0.5) is 11.4 Å². The van der Waals surface area contributed by atoms with Crippen LogP contribution in [0.5, 0.6) is 11.5 Å². The molecular weight excluding hydrogens is 344 g/mol. The monoisotopic (exact) mass is 364 g/mol. The van der Waals surface area contributed by atoms with Crippen molar-refractivity contribution >= 4 is 39.5 Å². The van der Waals surface area contributed by atoms with Gasteiger partial charge in [-0.3, -0.25) is 4.79 Å². The second-order valence-electron chi connectivity index (χ2n) is 5.60. The van der Waals surface area contributed by atoms with Crippen molar-refractivity contribution in [2.45, 2.75) is 20.3 Å². The van der Waals surface area contributed by atoms with Crippen LogP contribution in [0.3, 0.4) is 0 Å². The molecule has 0 unspecified atom stereocenters. The Bertz CT molecular complexity index is 676. The number of hydrogen-bond acceptors (Lipinski definition) is 6. The number of nitrogens with two attached hydrogens (primary N) is 1. The fourth-order valence-corrected chi connectivity index (χ4v) is 3.80. The Morgan fingerprint density at radius 2 is 1.91 bits per heavy atom. The molecule has 1 heterocycles. The van der Waals surface area contributed by atoms with E-state index in [1.54, 1.807) is 12.1 Å². The minimum Gasteiger partial charge on any atom is -0.454 e. The van der Waals surface area contributed by atoms with Crippen molar-refractivity contribution in [1.29, 1.82) is 0 Å². The van der Waals surface area contributed by atoms with Crippen LogP contribution < -0.4 is 20.5 Å². The van der Waals surface area contributed by atoms with Gasteiger partial charge in [0.1, 0.15) is 0 Å². The highest BCUT2D eigenvalue weighted by Gasteiger charge is 2.19. The fraction of sp³-hybridized carbons (Fsp3) is 0.500. The Morgan fingerprint density at radius 3 is 2.52 bits per heavy atom. The molecule has 0 aromatic heterocycles. The van der Waals surface area contributed by atoms with Crippen molar-refractivity contribution < 1.29 is 22.7 Å². The number of carbonyl (C=O) groups excluding carboxylic acids is 1. The lowest BCUT2D eigenvalue weighted by atomic mass is 10.2. The van der Waals surface area contributed by atoms with Crippen molar-refractivity contribution in [2.24, 2.45) is 5.92 Å². The molecular formula is C14H21ClN2O5S. The Hall–Kier alpha value is -1.67. The molecule has 3 N–H and O–H groups in total. The Labute approximate surface area is 141 Å². The highest BCUT2D eigenvalue weighted by molar-refractivity contribution is 7.91. The minimum atomic E-state index is -3.22. The molecule has 0 atom stereocenters. The lowest BCUT2D eigenvalue weighted by molar-refractivity contribution is -0.115. The summed E-state index contributed by atoms with van der Waals surface area (Å²) in [6, 6.07) is 3.13. The Morgan fingerprint density at radius 1 is 1.30 bits per heavy atom. The molecule has 0 spiro atoms. The third kappa shape index (κ3) is 5.47. The molecule has 0 fully saturated rings. The molecule has 9 heteroatoms. The second-order valence-corrected chi connectivity index (χ2v) is 7.83. The molecule has 1 amide bonds. The SMILES string of the molecule is CC(C)CS(=O)(=O)CCC(=O)Nc1cc2c(cc1N)OCO2.Cl. The van der Waals surface area contributed by atoms with E-state index in [-0.39, 0.29) is 43.0 Å². The maximum absolute atomic E-state index is 11.9. The van der Waals surface area contributed by atoms with Crippen molar-refractivity contribution in [3.05, 3.63) is 12.1 Å². The number of sulfone groups is 1. The molecule has 0 bridgehead atoms. The zero-order valence-corrected chi connectivity index (χ0v) is 14.6. The van der Waals surface area contributed by atoms with Crippen LogP contribution in [-0.4, -0.2) is 32.6 Å². The number of amides is 1. The lowest BCUT2D eigenvalue weighted by Crippen LogP contribution is -2.21. The first kappa shape index (κ1) is 19.4. The van der Waals surface area contributed by atoms with E-state index in [1.807, 2.05) is 13.8 Å². The number of halogens is 1. The van der Waals surface area contributed by atoms with Crippen LogP contribution in [-0.2, 0) is 14.6 Å². The number of ether oxygens (including phenoxy) is 2. The average Bonchev–Trinajstić information content (AvgIpc) is 2.82. The Kier molecular flexibility index (Phi) is 6.52. The van der Waals surface area contributed by atoms with Crippen molar-refractivity contribution in [1.82, 2.24) is 0 Å². The van der Waals surface area contributed by atoms with Gasteiger partial charge in [-0.1, -0.05) is 13.8 Å². The van der Waals surface area contributed by atoms with Gasteiger partial charge in [0, 0.05) is 18.6 Å². The van der Waals surface area contributed by atoms with Gasteiger partial charge in [-0.2, -0.15) is 0 Å². The van der Waals surface area contributed by atoms with Gasteiger partial charge in [-0.25, -0.2) is 8.42 Å². The predicted octanol–water partition coefficient (Wildman–Crippen LogP) is 1.82. The van der Waals surface area contributed by atoms with E-state index < -0.39 is 15.7 Å². The molecule has 2 rings (SSSR count). The molecule has 23 heavy (non-hydrogen) atoms. The number of nitrogens with one attached hydrogen (secondary N) is 1. The average molecular weight is 365 g/mol. The largest absolute Gasteiger partial charge is 0.454 e. The number of anilines is 2. The molecule has 1 aromatic rings. The van der Waals surface area contributed by atoms with Gasteiger partial charge in [0.05, 0.1) is 22.9 Å². The number of fused-ring (bicyclic) bond motifs is 1. The second kappa shape index (κ2) is 7.74.